The van der Waals surface area contributed by atoms with Crippen LogP contribution in [-0.2, 0) is 34.0 Å². The van der Waals surface area contributed by atoms with Crippen LogP contribution >= 0.6 is 0 Å². The van der Waals surface area contributed by atoms with E-state index in [1.165, 1.54) is 44.3 Å². The quantitative estimate of drug-likeness (QED) is 0.175. The number of alkyl halides is 3. The topological polar surface area (TPSA) is 108 Å². The molecule has 0 fully saturated rings. The van der Waals surface area contributed by atoms with E-state index in [1.54, 1.807) is 6.92 Å². The Morgan fingerprint density at radius 1 is 1.07 bits per heavy atom. The van der Waals surface area contributed by atoms with Gasteiger partial charge >= 0.3 is 6.18 Å². The van der Waals surface area contributed by atoms with Gasteiger partial charge in [-0.2, -0.15) is 13.2 Å². The molecule has 0 saturated carbocycles. The number of ketones is 1. The first-order valence-corrected chi connectivity index (χ1v) is 15.9. The summed E-state index contributed by atoms with van der Waals surface area (Å²) in [7, 11) is -2.25. The van der Waals surface area contributed by atoms with Crippen molar-refractivity contribution in [2.75, 3.05) is 11.5 Å². The lowest BCUT2D eigenvalue weighted by molar-refractivity contribution is -0.152. The van der Waals surface area contributed by atoms with Crippen LogP contribution in [0.15, 0.2) is 59.5 Å². The molecule has 0 aliphatic heterocycles. The number of halogens is 4. The zero-order valence-electron chi connectivity index (χ0n) is 22.6. The number of pyridine rings is 1. The number of aromatic nitrogens is 1. The van der Waals surface area contributed by atoms with Crippen LogP contribution < -0.4 is 10.3 Å². The largest absolute Gasteiger partial charge is 0.598 e. The normalized spacial score (nSPS) is 13.7. The smallest absolute Gasteiger partial charge is 0.412 e. The summed E-state index contributed by atoms with van der Waals surface area (Å²) in [6.07, 6.45) is -2.86. The van der Waals surface area contributed by atoms with Crippen molar-refractivity contribution in [1.82, 2.24) is 9.29 Å². The van der Waals surface area contributed by atoms with Crippen LogP contribution in [0.4, 0.5) is 17.6 Å². The van der Waals surface area contributed by atoms with Crippen LogP contribution in [0.25, 0.3) is 11.1 Å². The molecule has 0 bridgehead atoms. The van der Waals surface area contributed by atoms with E-state index >= 15 is 0 Å². The van der Waals surface area contributed by atoms with Gasteiger partial charge in [0.2, 0.25) is 0 Å². The fourth-order valence-electron chi connectivity index (χ4n) is 4.10. The molecule has 0 aliphatic carbocycles. The van der Waals surface area contributed by atoms with Crippen molar-refractivity contribution >= 4 is 27.0 Å². The summed E-state index contributed by atoms with van der Waals surface area (Å²) in [5.41, 5.74) is -1.45. The molecule has 2 aromatic carbocycles. The van der Waals surface area contributed by atoms with E-state index in [2.05, 4.69) is 4.72 Å². The van der Waals surface area contributed by atoms with Crippen molar-refractivity contribution in [2.45, 2.75) is 44.7 Å². The molecule has 0 amide bonds. The van der Waals surface area contributed by atoms with Crippen molar-refractivity contribution in [1.29, 1.82) is 0 Å². The van der Waals surface area contributed by atoms with Gasteiger partial charge in [0.25, 0.3) is 5.56 Å². The fourth-order valence-corrected chi connectivity index (χ4v) is 6.18. The van der Waals surface area contributed by atoms with E-state index in [4.69, 9.17) is 0 Å². The number of nitrogens with zero attached hydrogens (tertiary/aromatic N) is 1. The lowest BCUT2D eigenvalue weighted by Crippen LogP contribution is -2.40. The molecule has 2 atom stereocenters. The van der Waals surface area contributed by atoms with Gasteiger partial charge in [-0.25, -0.2) is 12.8 Å². The standard InChI is InChI=1S/C28H30F4N2O5S2/c1-4-6-13-40(37)33-27(28(30,31)32)23-15-25(35)34(3)16-24(23)22-14-18(17-41(38,39)5-2)7-12-21(22)26(36)19-8-10-20(29)11-9-19/h7-12,14-16,27,33H,4-6,13,17H2,1-3H3/t27-,40+/m1/s1. The Morgan fingerprint density at radius 2 is 1.73 bits per heavy atom. The highest BCUT2D eigenvalue weighted by Gasteiger charge is 2.45. The number of aryl methyl sites for hydroxylation is 1. The number of unbranched alkanes of at least 4 members (excludes halogenated alkanes) is 1. The molecule has 0 spiro atoms. The highest BCUT2D eigenvalue weighted by molar-refractivity contribution is 7.90. The first kappa shape index (κ1) is 32.5. The molecule has 0 radical (unpaired) electrons. The van der Waals surface area contributed by atoms with E-state index < -0.39 is 61.9 Å². The molecule has 41 heavy (non-hydrogen) atoms. The van der Waals surface area contributed by atoms with Crippen molar-refractivity contribution in [3.63, 3.8) is 0 Å². The first-order valence-electron chi connectivity index (χ1n) is 12.7. The summed E-state index contributed by atoms with van der Waals surface area (Å²) >= 11 is -2.10. The molecule has 1 aromatic heterocycles. The Hall–Kier alpha value is -3.00. The Morgan fingerprint density at radius 3 is 2.32 bits per heavy atom. The third kappa shape index (κ3) is 8.28. The van der Waals surface area contributed by atoms with Gasteiger partial charge in [-0.3, -0.25) is 9.59 Å². The van der Waals surface area contributed by atoms with Gasteiger partial charge in [-0.05, 0) is 53.4 Å². The van der Waals surface area contributed by atoms with Crippen molar-refractivity contribution in [3.8, 4) is 11.1 Å². The number of carbonyl (C=O) groups excluding carboxylic acids is 1. The van der Waals surface area contributed by atoms with Gasteiger partial charge in [0.05, 0.1) is 5.75 Å². The molecule has 13 heteroatoms. The lowest BCUT2D eigenvalue weighted by Gasteiger charge is -2.26. The summed E-state index contributed by atoms with van der Waals surface area (Å²) in [5.74, 6) is -1.94. The highest BCUT2D eigenvalue weighted by atomic mass is 32.2. The Bertz CT molecular complexity index is 1560. The minimum atomic E-state index is -4.99. The molecule has 222 valence electrons. The maximum Gasteiger partial charge on any atom is 0.412 e. The Balaban J connectivity index is 2.32. The first-order chi connectivity index (χ1) is 19.2. The molecule has 1 heterocycles. The molecule has 0 saturated heterocycles. The maximum atomic E-state index is 14.4. The van der Waals surface area contributed by atoms with Gasteiger partial charge in [0, 0.05) is 53.1 Å². The highest BCUT2D eigenvalue weighted by Crippen LogP contribution is 2.39. The minimum absolute atomic E-state index is 0.0408. The number of rotatable bonds is 12. The number of carbonyl (C=O) groups is 1. The molecule has 3 rings (SSSR count). The van der Waals surface area contributed by atoms with Crippen LogP contribution in [0.5, 0.6) is 0 Å². The van der Waals surface area contributed by atoms with Crippen LogP contribution in [-0.4, -0.2) is 41.0 Å². The van der Waals surface area contributed by atoms with Crippen molar-refractivity contribution in [2.24, 2.45) is 7.05 Å². The average Bonchev–Trinajstić information content (AvgIpc) is 2.91. The molecule has 0 aliphatic rings. The van der Waals surface area contributed by atoms with E-state index in [9.17, 15) is 40.1 Å². The SMILES string of the molecule is CCCC[S@+]([O-])N[C@H](c1cc(=O)n(C)cc1-c1cc(CS(=O)(=O)CC)ccc1C(=O)c1ccc(F)cc1)C(F)(F)F. The lowest BCUT2D eigenvalue weighted by atomic mass is 9.89. The number of sulfone groups is 1. The van der Waals surface area contributed by atoms with Crippen molar-refractivity contribution < 1.29 is 35.3 Å². The zero-order chi connectivity index (χ0) is 30.5. The van der Waals surface area contributed by atoms with Gasteiger partial charge in [-0.15, -0.1) is 4.72 Å². The van der Waals surface area contributed by atoms with Crippen LogP contribution in [0.2, 0.25) is 0 Å². The number of hydrogen-bond acceptors (Lipinski definition) is 6. The van der Waals surface area contributed by atoms with E-state index in [1.807, 2.05) is 0 Å². The number of hydrogen-bond donors (Lipinski definition) is 1. The zero-order valence-corrected chi connectivity index (χ0v) is 24.3. The van der Waals surface area contributed by atoms with Gasteiger partial charge in [0.1, 0.15) is 11.6 Å². The predicted molar refractivity (Wildman–Crippen MR) is 150 cm³/mol. The second-order valence-electron chi connectivity index (χ2n) is 9.48. The minimum Gasteiger partial charge on any atom is -0.598 e. The molecule has 1 N–H and O–H groups in total. The second-order valence-corrected chi connectivity index (χ2v) is 13.2. The van der Waals surface area contributed by atoms with Crippen LogP contribution in [0.1, 0.15) is 59.8 Å². The third-order valence-corrected chi connectivity index (χ3v) is 9.19. The molecule has 0 unspecified atom stereocenters. The Kier molecular flexibility index (Phi) is 10.6. The maximum absolute atomic E-state index is 14.4. The summed E-state index contributed by atoms with van der Waals surface area (Å²) in [6.45, 7) is 3.24. The van der Waals surface area contributed by atoms with E-state index in [0.29, 0.717) is 12.8 Å². The van der Waals surface area contributed by atoms with E-state index in [0.717, 1.165) is 29.0 Å². The molecule has 3 aromatic rings. The van der Waals surface area contributed by atoms with Gasteiger partial charge in [-0.1, -0.05) is 32.4 Å². The number of benzene rings is 2. The van der Waals surface area contributed by atoms with E-state index in [-0.39, 0.29) is 39.3 Å². The monoisotopic (exact) mass is 614 g/mol. The fraction of sp³-hybridized carbons (Fsp3) is 0.357. The average molecular weight is 615 g/mol. The molecular formula is C28H30F4N2O5S2. The molecular weight excluding hydrogens is 584 g/mol. The summed E-state index contributed by atoms with van der Waals surface area (Å²) in [4.78, 5) is 26.1. The summed E-state index contributed by atoms with van der Waals surface area (Å²) < 4.78 is 97.2. The van der Waals surface area contributed by atoms with Crippen molar-refractivity contribution in [3.05, 3.63) is 93.2 Å². The second kappa shape index (κ2) is 13.3. The molecule has 7 nitrogen and oxygen atoms in total. The predicted octanol–water partition coefficient (Wildman–Crippen LogP) is 5.01. The Labute approximate surface area is 238 Å². The van der Waals surface area contributed by atoms with Gasteiger partial charge < -0.3 is 9.12 Å². The van der Waals surface area contributed by atoms with Crippen LogP contribution in [0.3, 0.4) is 0 Å². The summed E-state index contributed by atoms with van der Waals surface area (Å²) in [6, 6.07) is 6.75. The van der Waals surface area contributed by atoms with Crippen LogP contribution in [0, 0.1) is 5.82 Å². The number of nitrogens with one attached hydrogen (secondary N) is 1. The van der Waals surface area contributed by atoms with Gasteiger partial charge in [0.15, 0.2) is 21.7 Å². The summed E-state index contributed by atoms with van der Waals surface area (Å²) in [5, 5.41) is 0. The third-order valence-electron chi connectivity index (χ3n) is 6.38.